The van der Waals surface area contributed by atoms with Crippen LogP contribution in [0.4, 0.5) is 17.1 Å². The Labute approximate surface area is 357 Å². The van der Waals surface area contributed by atoms with E-state index >= 15 is 0 Å². The molecule has 62 heavy (non-hydrogen) atoms. The first-order chi connectivity index (χ1) is 30.7. The Balaban J connectivity index is 0.924. The molecule has 12 aromatic rings. The zero-order valence-electron chi connectivity index (χ0n) is 33.6. The maximum absolute atomic E-state index is 6.88. The number of nitrogens with two attached hydrogens (primary N) is 1. The van der Waals surface area contributed by atoms with Gasteiger partial charge < -0.3 is 19.5 Å². The third-order valence-electron chi connectivity index (χ3n) is 12.1. The highest BCUT2D eigenvalue weighted by Gasteiger charge is 2.21. The number of nitrogen functional groups attached to an aromatic ring is 1. The second-order valence-electron chi connectivity index (χ2n) is 15.7. The third-order valence-corrected chi connectivity index (χ3v) is 12.1. The van der Waals surface area contributed by atoms with Gasteiger partial charge in [-0.3, -0.25) is 4.57 Å². The predicted octanol–water partition coefficient (Wildman–Crippen LogP) is 14.7. The SMILES string of the molecule is Nc1ccccc1N(Cc1ccccc1)c1ccc(-c2cccc3c2oc2c3ccc3c4cccc(-c5ccc(-n6c(-c7ccccc7)nc7ccccc76)cc5)c4oc32)cc1. The topological polar surface area (TPSA) is 73.4 Å². The number of imidazole rings is 1. The van der Waals surface area contributed by atoms with Gasteiger partial charge in [0.25, 0.3) is 0 Å². The van der Waals surface area contributed by atoms with Crippen LogP contribution in [0.2, 0.25) is 0 Å². The van der Waals surface area contributed by atoms with Crippen molar-refractivity contribution < 1.29 is 8.83 Å². The smallest absolute Gasteiger partial charge is 0.178 e. The highest BCUT2D eigenvalue weighted by Crippen LogP contribution is 2.44. The zero-order valence-corrected chi connectivity index (χ0v) is 33.6. The minimum absolute atomic E-state index is 0.687. The molecule has 12 rings (SSSR count). The molecule has 0 radical (unpaired) electrons. The number of aromatic nitrogens is 2. The van der Waals surface area contributed by atoms with Crippen molar-refractivity contribution in [1.29, 1.82) is 0 Å². The summed E-state index contributed by atoms with van der Waals surface area (Å²) < 4.78 is 16.0. The molecule has 3 aromatic heterocycles. The van der Waals surface area contributed by atoms with E-state index in [1.165, 1.54) is 5.56 Å². The molecular formula is C56H38N4O2. The molecule has 0 fully saturated rings. The van der Waals surface area contributed by atoms with Gasteiger partial charge in [0.2, 0.25) is 0 Å². The van der Waals surface area contributed by atoms with Crippen LogP contribution in [-0.4, -0.2) is 9.55 Å². The van der Waals surface area contributed by atoms with Crippen molar-refractivity contribution in [3.05, 3.63) is 212 Å². The molecule has 2 N–H and O–H groups in total. The highest BCUT2D eigenvalue weighted by atomic mass is 16.4. The van der Waals surface area contributed by atoms with Crippen LogP contribution in [0.15, 0.2) is 215 Å². The van der Waals surface area contributed by atoms with Gasteiger partial charge in [0, 0.05) is 56.2 Å². The minimum Gasteiger partial charge on any atom is -0.451 e. The minimum atomic E-state index is 0.687. The van der Waals surface area contributed by atoms with Crippen LogP contribution in [-0.2, 0) is 6.54 Å². The largest absolute Gasteiger partial charge is 0.451 e. The number of furan rings is 2. The summed E-state index contributed by atoms with van der Waals surface area (Å²) in [5, 5.41) is 4.13. The number of benzene rings is 9. The maximum atomic E-state index is 6.88. The number of hydrogen-bond donors (Lipinski definition) is 1. The number of para-hydroxylation sites is 6. The first kappa shape index (κ1) is 35.6. The van der Waals surface area contributed by atoms with Gasteiger partial charge in [-0.05, 0) is 77.4 Å². The van der Waals surface area contributed by atoms with Crippen LogP contribution < -0.4 is 10.6 Å². The summed E-state index contributed by atoms with van der Waals surface area (Å²) in [5.74, 6) is 0.910. The van der Waals surface area contributed by atoms with Crippen molar-refractivity contribution in [2.45, 2.75) is 6.54 Å². The van der Waals surface area contributed by atoms with E-state index in [2.05, 4.69) is 179 Å². The number of nitrogens with zero attached hydrogens (tertiary/aromatic N) is 3. The van der Waals surface area contributed by atoms with Crippen LogP contribution in [0, 0.1) is 0 Å². The maximum Gasteiger partial charge on any atom is 0.178 e. The van der Waals surface area contributed by atoms with Crippen molar-refractivity contribution in [3.63, 3.8) is 0 Å². The predicted molar refractivity (Wildman–Crippen MR) is 255 cm³/mol. The molecule has 9 aromatic carbocycles. The fourth-order valence-corrected chi connectivity index (χ4v) is 9.06. The Morgan fingerprint density at radius 3 is 1.65 bits per heavy atom. The number of hydrogen-bond acceptors (Lipinski definition) is 5. The summed E-state index contributed by atoms with van der Waals surface area (Å²) >= 11 is 0. The summed E-state index contributed by atoms with van der Waals surface area (Å²) in [5.41, 5.74) is 21.9. The van der Waals surface area contributed by atoms with Gasteiger partial charge >= 0.3 is 0 Å². The monoisotopic (exact) mass is 798 g/mol. The second-order valence-corrected chi connectivity index (χ2v) is 15.7. The summed E-state index contributed by atoms with van der Waals surface area (Å²) in [6.07, 6.45) is 0. The molecule has 6 heteroatoms. The van der Waals surface area contributed by atoms with E-state index in [1.807, 2.05) is 36.4 Å². The third kappa shape index (κ3) is 5.84. The lowest BCUT2D eigenvalue weighted by atomic mass is 10.0. The van der Waals surface area contributed by atoms with Crippen molar-refractivity contribution in [1.82, 2.24) is 9.55 Å². The van der Waals surface area contributed by atoms with Crippen LogP contribution >= 0.6 is 0 Å². The second kappa shape index (κ2) is 14.4. The summed E-state index contributed by atoms with van der Waals surface area (Å²) in [7, 11) is 0. The molecule has 0 saturated heterocycles. The molecule has 0 unspecified atom stereocenters. The molecule has 0 aliphatic heterocycles. The number of rotatable bonds is 8. The Bertz CT molecular complexity index is 3600. The van der Waals surface area contributed by atoms with Gasteiger partial charge in [-0.2, -0.15) is 0 Å². The van der Waals surface area contributed by atoms with Crippen molar-refractivity contribution >= 4 is 72.0 Å². The van der Waals surface area contributed by atoms with Crippen molar-refractivity contribution in [2.75, 3.05) is 10.6 Å². The van der Waals surface area contributed by atoms with Gasteiger partial charge in [-0.25, -0.2) is 4.98 Å². The molecule has 0 aliphatic carbocycles. The Hall–Kier alpha value is -8.35. The lowest BCUT2D eigenvalue weighted by Gasteiger charge is -2.27. The normalized spacial score (nSPS) is 11.7. The zero-order chi connectivity index (χ0) is 41.1. The molecule has 0 spiro atoms. The van der Waals surface area contributed by atoms with Gasteiger partial charge in [0.1, 0.15) is 17.0 Å². The van der Waals surface area contributed by atoms with Gasteiger partial charge in [-0.1, -0.05) is 146 Å². The molecule has 0 amide bonds. The van der Waals surface area contributed by atoms with Crippen LogP contribution in [0.3, 0.4) is 0 Å². The van der Waals surface area contributed by atoms with Gasteiger partial charge in [0.15, 0.2) is 11.2 Å². The molecule has 3 heterocycles. The van der Waals surface area contributed by atoms with E-state index in [9.17, 15) is 0 Å². The number of fused-ring (bicyclic) bond motifs is 8. The Kier molecular flexibility index (Phi) is 8.28. The van der Waals surface area contributed by atoms with Crippen LogP contribution in [0.25, 0.3) is 94.2 Å². The van der Waals surface area contributed by atoms with Crippen LogP contribution in [0.1, 0.15) is 5.56 Å². The molecule has 294 valence electrons. The van der Waals surface area contributed by atoms with E-state index in [-0.39, 0.29) is 0 Å². The molecular weight excluding hydrogens is 761 g/mol. The van der Waals surface area contributed by atoms with Gasteiger partial charge in [-0.15, -0.1) is 0 Å². The molecule has 0 bridgehead atoms. The summed E-state index contributed by atoms with van der Waals surface area (Å²) in [6, 6.07) is 71.6. The first-order valence-electron chi connectivity index (χ1n) is 20.9. The standard InChI is InChI=1S/C56H38N4O2/c57-48-21-7-9-23-50(48)59(35-36-13-3-1-4-14-36)40-29-25-37(26-30-40)42-17-11-19-44-46-33-34-47-45-20-12-18-43(53(45)62-55(47)54(46)61-52(42)44)38-27-31-41(32-28-38)60-51-24-10-8-22-49(51)58-56(60)39-15-5-2-6-16-39/h1-34H,35,57H2. The molecule has 0 aliphatic rings. The molecule has 0 atom stereocenters. The highest BCUT2D eigenvalue weighted by molar-refractivity contribution is 6.21. The van der Waals surface area contributed by atoms with Crippen LogP contribution in [0.5, 0.6) is 0 Å². The van der Waals surface area contributed by atoms with Crippen molar-refractivity contribution in [2.24, 2.45) is 0 Å². The average Bonchev–Trinajstić information content (AvgIpc) is 4.04. The first-order valence-corrected chi connectivity index (χ1v) is 20.9. The Morgan fingerprint density at radius 2 is 1.00 bits per heavy atom. The lowest BCUT2D eigenvalue weighted by molar-refractivity contribution is 0.634. The summed E-state index contributed by atoms with van der Waals surface area (Å²) in [4.78, 5) is 7.30. The van der Waals surface area contributed by atoms with E-state index < -0.39 is 0 Å². The van der Waals surface area contributed by atoms with Gasteiger partial charge in [0.05, 0.1) is 22.4 Å². The summed E-state index contributed by atoms with van der Waals surface area (Å²) in [6.45, 7) is 0.687. The van der Waals surface area contributed by atoms with Crippen molar-refractivity contribution in [3.8, 4) is 39.3 Å². The lowest BCUT2D eigenvalue weighted by Crippen LogP contribution is -2.17. The fraction of sp³-hybridized carbons (Fsp3) is 0.0179. The van der Waals surface area contributed by atoms with E-state index in [1.54, 1.807) is 0 Å². The average molecular weight is 799 g/mol. The fourth-order valence-electron chi connectivity index (χ4n) is 9.06. The Morgan fingerprint density at radius 1 is 0.452 bits per heavy atom. The number of anilines is 3. The van der Waals surface area contributed by atoms with E-state index in [4.69, 9.17) is 19.6 Å². The molecule has 6 nitrogen and oxygen atoms in total. The molecule has 0 saturated carbocycles. The van der Waals surface area contributed by atoms with E-state index in [0.717, 1.165) is 111 Å². The quantitative estimate of drug-likeness (QED) is 0.155. The van der Waals surface area contributed by atoms with E-state index in [0.29, 0.717) is 6.54 Å².